The number of ketones is 1. The number of hydrogen-bond acceptors (Lipinski definition) is 7. The van der Waals surface area contributed by atoms with Gasteiger partial charge in [-0.3, -0.25) is 9.59 Å². The van der Waals surface area contributed by atoms with Gasteiger partial charge in [-0.1, -0.05) is 0 Å². The van der Waals surface area contributed by atoms with Crippen LogP contribution in [0.2, 0.25) is 0 Å². The predicted octanol–water partition coefficient (Wildman–Crippen LogP) is 2.20. The van der Waals surface area contributed by atoms with E-state index in [9.17, 15) is 9.59 Å². The second kappa shape index (κ2) is 7.17. The topological polar surface area (TPSA) is 87.8 Å². The number of benzene rings is 1. The third-order valence-electron chi connectivity index (χ3n) is 2.83. The fraction of sp³-hybridized carbons (Fsp3) is 0.385. The molecule has 2 rings (SSSR count). The van der Waals surface area contributed by atoms with Crippen molar-refractivity contribution in [3.8, 4) is 5.75 Å². The molecule has 1 amide bonds. The van der Waals surface area contributed by atoms with Crippen molar-refractivity contribution < 1.29 is 22.7 Å². The quantitative estimate of drug-likeness (QED) is 0.800. The van der Waals surface area contributed by atoms with Gasteiger partial charge in [0.25, 0.3) is 0 Å². The van der Waals surface area contributed by atoms with Gasteiger partial charge in [-0.15, -0.1) is 0 Å². The Morgan fingerprint density at radius 1 is 1.33 bits per heavy atom. The van der Waals surface area contributed by atoms with Gasteiger partial charge < -0.3 is 18.8 Å². The maximum absolute atomic E-state index is 12.4. The number of fused-ring (bicyclic) bond motifs is 1. The summed E-state index contributed by atoms with van der Waals surface area (Å²) in [7, 11) is 3.05. The number of carbonyl (C=O) groups is 2. The van der Waals surface area contributed by atoms with Gasteiger partial charge in [0, 0.05) is 35.4 Å². The fourth-order valence-corrected chi connectivity index (χ4v) is 3.22. The fourth-order valence-electron chi connectivity index (χ4n) is 2.10. The Labute approximate surface area is 131 Å². The van der Waals surface area contributed by atoms with E-state index in [0.29, 0.717) is 21.1 Å². The van der Waals surface area contributed by atoms with Crippen LogP contribution in [0.5, 0.6) is 5.75 Å². The zero-order valence-electron chi connectivity index (χ0n) is 11.6. The van der Waals surface area contributed by atoms with Crippen LogP contribution in [0.25, 0.3) is 0 Å². The first-order valence-electron chi connectivity index (χ1n) is 6.13. The first-order chi connectivity index (χ1) is 10.1. The molecule has 1 aromatic carbocycles. The van der Waals surface area contributed by atoms with E-state index in [1.54, 1.807) is 12.1 Å². The summed E-state index contributed by atoms with van der Waals surface area (Å²) in [6.07, 6.45) is -0.417. The smallest absolute Gasteiger partial charge is 0.221 e. The van der Waals surface area contributed by atoms with Crippen molar-refractivity contribution >= 4 is 35.8 Å². The van der Waals surface area contributed by atoms with Crippen molar-refractivity contribution in [2.45, 2.75) is 28.7 Å². The molecule has 0 radical (unpaired) electrons. The minimum absolute atomic E-state index is 0.00389. The zero-order chi connectivity index (χ0) is 15.4. The Hall–Kier alpha value is -1.22. The normalized spacial score (nSPS) is 17.2. The molecule has 1 heterocycles. The van der Waals surface area contributed by atoms with Gasteiger partial charge in [-0.05, 0) is 12.1 Å². The molecule has 1 atom stereocenters. The van der Waals surface area contributed by atoms with Crippen molar-refractivity contribution in [2.75, 3.05) is 14.2 Å². The van der Waals surface area contributed by atoms with Gasteiger partial charge in [0.2, 0.25) is 5.91 Å². The molecule has 0 spiro atoms. The van der Waals surface area contributed by atoms with Crippen LogP contribution in [0.4, 0.5) is 0 Å². The van der Waals surface area contributed by atoms with Crippen LogP contribution < -0.4 is 10.5 Å². The first-order valence-corrected chi connectivity index (χ1v) is 7.61. The van der Waals surface area contributed by atoms with Gasteiger partial charge >= 0.3 is 0 Å². The molecule has 1 aromatic rings. The molecular weight excluding hydrogens is 314 g/mol. The largest absolute Gasteiger partial charge is 0.487 e. The van der Waals surface area contributed by atoms with Gasteiger partial charge in [0.05, 0.1) is 31.1 Å². The molecule has 1 unspecified atom stereocenters. The van der Waals surface area contributed by atoms with E-state index in [2.05, 4.69) is 0 Å². The second-order valence-electron chi connectivity index (χ2n) is 4.30. The summed E-state index contributed by atoms with van der Waals surface area (Å²) >= 11 is 2.19. The molecule has 0 saturated heterocycles. The molecule has 6 nitrogen and oxygen atoms in total. The first kappa shape index (κ1) is 16.2. The van der Waals surface area contributed by atoms with Crippen molar-refractivity contribution in [3.05, 3.63) is 17.7 Å². The number of Topliss-reactive ketones (excluding diaryl/α,β-unsaturated/α-hetero) is 1. The molecule has 114 valence electrons. The van der Waals surface area contributed by atoms with Crippen LogP contribution >= 0.6 is 24.1 Å². The van der Waals surface area contributed by atoms with Crippen molar-refractivity contribution in [3.63, 3.8) is 0 Å². The zero-order valence-corrected chi connectivity index (χ0v) is 13.2. The number of carbonyl (C=O) groups excluding carboxylic acids is 2. The number of primary amides is 1. The molecule has 0 aromatic heterocycles. The monoisotopic (exact) mass is 329 g/mol. The molecule has 0 bridgehead atoms. The summed E-state index contributed by atoms with van der Waals surface area (Å²) in [6.45, 7) is 0. The van der Waals surface area contributed by atoms with Crippen LogP contribution in [0.15, 0.2) is 21.9 Å². The third-order valence-corrected chi connectivity index (χ3v) is 4.19. The Morgan fingerprint density at radius 3 is 2.57 bits per heavy atom. The van der Waals surface area contributed by atoms with E-state index < -0.39 is 12.0 Å². The highest BCUT2D eigenvalue weighted by atomic mass is 32.2. The SMILES string of the molecule is COSc1ccc(SOC)c2c1OC(CC(N)=O)CC2=O. The van der Waals surface area contributed by atoms with E-state index >= 15 is 0 Å². The van der Waals surface area contributed by atoms with E-state index in [4.69, 9.17) is 18.8 Å². The highest BCUT2D eigenvalue weighted by Crippen LogP contribution is 2.42. The Balaban J connectivity index is 2.42. The van der Waals surface area contributed by atoms with Crippen LogP contribution in [-0.4, -0.2) is 32.0 Å². The molecule has 21 heavy (non-hydrogen) atoms. The summed E-state index contributed by atoms with van der Waals surface area (Å²) in [5.41, 5.74) is 5.64. The molecule has 1 aliphatic heterocycles. The van der Waals surface area contributed by atoms with Crippen molar-refractivity contribution in [1.29, 1.82) is 0 Å². The Bertz CT molecular complexity index is 564. The van der Waals surface area contributed by atoms with E-state index in [1.165, 1.54) is 14.2 Å². The lowest BCUT2D eigenvalue weighted by Gasteiger charge is -2.27. The van der Waals surface area contributed by atoms with Crippen LogP contribution in [-0.2, 0) is 13.2 Å². The summed E-state index contributed by atoms with van der Waals surface area (Å²) in [6, 6.07) is 3.57. The van der Waals surface area contributed by atoms with Crippen LogP contribution in [0, 0.1) is 0 Å². The number of hydrogen-bond donors (Lipinski definition) is 1. The third kappa shape index (κ3) is 3.70. The highest BCUT2D eigenvalue weighted by Gasteiger charge is 2.32. The Kier molecular flexibility index (Phi) is 5.51. The molecule has 0 aliphatic carbocycles. The average Bonchev–Trinajstić information content (AvgIpc) is 2.41. The molecule has 8 heteroatoms. The van der Waals surface area contributed by atoms with Crippen LogP contribution in [0.3, 0.4) is 0 Å². The standard InChI is InChI=1S/C13H15NO5S2/c1-17-20-9-3-4-10(21-18-2)13-12(9)8(15)5-7(19-13)6-11(14)16/h3-4,7H,5-6H2,1-2H3,(H2,14,16). The molecular formula is C13H15NO5S2. The maximum atomic E-state index is 12.4. The molecule has 0 saturated carbocycles. The lowest BCUT2D eigenvalue weighted by atomic mass is 9.99. The Morgan fingerprint density at radius 2 is 1.95 bits per heavy atom. The van der Waals surface area contributed by atoms with E-state index in [0.717, 1.165) is 24.1 Å². The number of rotatable bonds is 6. The molecule has 1 aliphatic rings. The minimum Gasteiger partial charge on any atom is -0.487 e. The summed E-state index contributed by atoms with van der Waals surface area (Å²) < 4.78 is 15.9. The molecule has 2 N–H and O–H groups in total. The van der Waals surface area contributed by atoms with E-state index in [1.807, 2.05) is 0 Å². The lowest BCUT2D eigenvalue weighted by Crippen LogP contribution is -2.32. The van der Waals surface area contributed by atoms with Gasteiger partial charge in [0.15, 0.2) is 5.78 Å². The highest BCUT2D eigenvalue weighted by molar-refractivity contribution is 7.95. The number of nitrogens with two attached hydrogens (primary N) is 1. The minimum atomic E-state index is -0.540. The summed E-state index contributed by atoms with van der Waals surface area (Å²) in [4.78, 5) is 24.8. The van der Waals surface area contributed by atoms with E-state index in [-0.39, 0.29) is 18.6 Å². The average molecular weight is 329 g/mol. The predicted molar refractivity (Wildman–Crippen MR) is 79.3 cm³/mol. The van der Waals surface area contributed by atoms with Gasteiger partial charge in [0.1, 0.15) is 11.9 Å². The lowest BCUT2D eigenvalue weighted by molar-refractivity contribution is -0.119. The van der Waals surface area contributed by atoms with Gasteiger partial charge in [-0.2, -0.15) is 0 Å². The van der Waals surface area contributed by atoms with Gasteiger partial charge in [-0.25, -0.2) is 0 Å². The summed E-state index contributed by atoms with van der Waals surface area (Å²) in [5.74, 6) is -0.174. The van der Waals surface area contributed by atoms with Crippen molar-refractivity contribution in [2.24, 2.45) is 5.73 Å². The number of ether oxygens (including phenoxy) is 1. The number of amides is 1. The maximum Gasteiger partial charge on any atom is 0.221 e. The second-order valence-corrected chi connectivity index (χ2v) is 6.18. The van der Waals surface area contributed by atoms with Crippen LogP contribution in [0.1, 0.15) is 23.2 Å². The summed E-state index contributed by atoms with van der Waals surface area (Å²) in [5, 5.41) is 0. The van der Waals surface area contributed by atoms with Crippen molar-refractivity contribution in [1.82, 2.24) is 0 Å². The molecule has 0 fully saturated rings.